The summed E-state index contributed by atoms with van der Waals surface area (Å²) < 4.78 is 13.5. The molecule has 0 amide bonds. The second-order valence-electron chi connectivity index (χ2n) is 3.69. The fraction of sp³-hybridized carbons (Fsp3) is 0.333. The lowest BCUT2D eigenvalue weighted by Crippen LogP contribution is -1.92. The van der Waals surface area contributed by atoms with Crippen LogP contribution in [0, 0.1) is 5.82 Å². The van der Waals surface area contributed by atoms with Crippen molar-refractivity contribution in [1.82, 2.24) is 0 Å². The zero-order valence-electron chi connectivity index (χ0n) is 8.04. The highest BCUT2D eigenvalue weighted by atomic mass is 19.1. The molecule has 0 heterocycles. The Labute approximate surface area is 83.4 Å². The van der Waals surface area contributed by atoms with Gasteiger partial charge in [0.2, 0.25) is 0 Å². The summed E-state index contributed by atoms with van der Waals surface area (Å²) in [4.78, 5) is 0. The van der Waals surface area contributed by atoms with Gasteiger partial charge in [-0.2, -0.15) is 0 Å². The summed E-state index contributed by atoms with van der Waals surface area (Å²) in [6.07, 6.45) is 5.94. The van der Waals surface area contributed by atoms with Crippen LogP contribution in [-0.4, -0.2) is 6.54 Å². The van der Waals surface area contributed by atoms with Crippen molar-refractivity contribution in [2.24, 2.45) is 5.73 Å². The van der Waals surface area contributed by atoms with Gasteiger partial charge in [0.25, 0.3) is 0 Å². The predicted molar refractivity (Wildman–Crippen MR) is 56.5 cm³/mol. The average Bonchev–Trinajstić information content (AvgIpc) is 2.98. The number of hydrogen-bond donors (Lipinski definition) is 1. The summed E-state index contributed by atoms with van der Waals surface area (Å²) in [5, 5.41) is 0. The van der Waals surface area contributed by atoms with E-state index >= 15 is 0 Å². The Bertz CT molecular complexity index is 353. The van der Waals surface area contributed by atoms with Crippen LogP contribution >= 0.6 is 0 Å². The maximum atomic E-state index is 13.5. The Morgan fingerprint density at radius 1 is 1.43 bits per heavy atom. The first-order chi connectivity index (χ1) is 6.81. The van der Waals surface area contributed by atoms with E-state index in [2.05, 4.69) is 0 Å². The molecule has 0 aromatic heterocycles. The number of halogens is 1. The van der Waals surface area contributed by atoms with Crippen LogP contribution in [-0.2, 0) is 0 Å². The van der Waals surface area contributed by atoms with Crippen molar-refractivity contribution >= 4 is 6.08 Å². The minimum atomic E-state index is -0.0772. The van der Waals surface area contributed by atoms with Gasteiger partial charge >= 0.3 is 0 Å². The fourth-order valence-electron chi connectivity index (χ4n) is 1.58. The van der Waals surface area contributed by atoms with E-state index in [-0.39, 0.29) is 5.82 Å². The molecule has 2 N–H and O–H groups in total. The Hall–Kier alpha value is -1.15. The SMILES string of the molecule is NC/C=C/c1ccc(C2CC2)c(F)c1. The molecule has 1 aromatic rings. The third-order valence-corrected chi connectivity index (χ3v) is 2.49. The van der Waals surface area contributed by atoms with Gasteiger partial charge in [0, 0.05) is 6.54 Å². The smallest absolute Gasteiger partial charge is 0.127 e. The molecule has 0 unspecified atom stereocenters. The number of hydrogen-bond acceptors (Lipinski definition) is 1. The molecule has 2 rings (SSSR count). The molecule has 74 valence electrons. The standard InChI is InChI=1S/C12H14FN/c13-12-8-9(2-1-7-14)3-6-11(12)10-4-5-10/h1-3,6,8,10H,4-5,7,14H2/b2-1+. The highest BCUT2D eigenvalue weighted by Crippen LogP contribution is 2.41. The second-order valence-corrected chi connectivity index (χ2v) is 3.69. The van der Waals surface area contributed by atoms with E-state index < -0.39 is 0 Å². The summed E-state index contributed by atoms with van der Waals surface area (Å²) in [5.74, 6) is 0.397. The summed E-state index contributed by atoms with van der Waals surface area (Å²) in [5.41, 5.74) is 7.08. The predicted octanol–water partition coefficient (Wildman–Crippen LogP) is 2.68. The molecule has 1 nitrogen and oxygen atoms in total. The molecule has 0 atom stereocenters. The largest absolute Gasteiger partial charge is 0.327 e. The molecule has 1 aromatic carbocycles. The van der Waals surface area contributed by atoms with Gasteiger partial charge in [-0.25, -0.2) is 4.39 Å². The molecule has 0 spiro atoms. The van der Waals surface area contributed by atoms with Crippen LogP contribution in [0.15, 0.2) is 24.3 Å². The summed E-state index contributed by atoms with van der Waals surface area (Å²) in [6, 6.07) is 5.42. The second kappa shape index (κ2) is 3.93. The van der Waals surface area contributed by atoms with Crippen LogP contribution in [0.4, 0.5) is 4.39 Å². The molecule has 14 heavy (non-hydrogen) atoms. The first kappa shape index (κ1) is 9.41. The third kappa shape index (κ3) is 2.02. The number of nitrogens with two attached hydrogens (primary N) is 1. The Morgan fingerprint density at radius 3 is 2.79 bits per heavy atom. The topological polar surface area (TPSA) is 26.0 Å². The number of benzene rings is 1. The summed E-state index contributed by atoms with van der Waals surface area (Å²) in [7, 11) is 0. The van der Waals surface area contributed by atoms with Gasteiger partial charge in [0.15, 0.2) is 0 Å². The molecular formula is C12H14FN. The van der Waals surface area contributed by atoms with E-state index in [4.69, 9.17) is 5.73 Å². The fourth-order valence-corrected chi connectivity index (χ4v) is 1.58. The van der Waals surface area contributed by atoms with Crippen LogP contribution in [0.2, 0.25) is 0 Å². The molecule has 1 aliphatic carbocycles. The molecule has 0 radical (unpaired) electrons. The minimum Gasteiger partial charge on any atom is -0.327 e. The van der Waals surface area contributed by atoms with E-state index in [0.29, 0.717) is 12.5 Å². The maximum Gasteiger partial charge on any atom is 0.127 e. The van der Waals surface area contributed by atoms with Crippen molar-refractivity contribution in [3.8, 4) is 0 Å². The lowest BCUT2D eigenvalue weighted by molar-refractivity contribution is 0.610. The monoisotopic (exact) mass is 191 g/mol. The maximum absolute atomic E-state index is 13.5. The Balaban J connectivity index is 2.21. The molecule has 1 aliphatic rings. The third-order valence-electron chi connectivity index (χ3n) is 2.49. The van der Waals surface area contributed by atoms with Gasteiger partial charge in [-0.15, -0.1) is 0 Å². The molecule has 0 saturated heterocycles. The zero-order valence-corrected chi connectivity index (χ0v) is 8.04. The van der Waals surface area contributed by atoms with Crippen LogP contribution in [0.25, 0.3) is 6.08 Å². The molecule has 0 bridgehead atoms. The highest BCUT2D eigenvalue weighted by Gasteiger charge is 2.26. The van der Waals surface area contributed by atoms with Gasteiger partial charge in [-0.05, 0) is 36.0 Å². The van der Waals surface area contributed by atoms with E-state index in [1.807, 2.05) is 24.3 Å². The lowest BCUT2D eigenvalue weighted by atomic mass is 10.1. The van der Waals surface area contributed by atoms with Crippen LogP contribution in [0.3, 0.4) is 0 Å². The van der Waals surface area contributed by atoms with Crippen molar-refractivity contribution in [2.75, 3.05) is 6.54 Å². The van der Waals surface area contributed by atoms with E-state index in [9.17, 15) is 4.39 Å². The average molecular weight is 191 g/mol. The Morgan fingerprint density at radius 2 is 2.21 bits per heavy atom. The minimum absolute atomic E-state index is 0.0772. The highest BCUT2D eigenvalue weighted by molar-refractivity contribution is 5.50. The quantitative estimate of drug-likeness (QED) is 0.781. The van der Waals surface area contributed by atoms with Gasteiger partial charge in [-0.3, -0.25) is 0 Å². The van der Waals surface area contributed by atoms with Crippen molar-refractivity contribution in [2.45, 2.75) is 18.8 Å². The number of rotatable bonds is 3. The Kier molecular flexibility index (Phi) is 2.64. The molecular weight excluding hydrogens is 177 g/mol. The van der Waals surface area contributed by atoms with Crippen molar-refractivity contribution in [1.29, 1.82) is 0 Å². The summed E-state index contributed by atoms with van der Waals surface area (Å²) >= 11 is 0. The first-order valence-electron chi connectivity index (χ1n) is 4.97. The van der Waals surface area contributed by atoms with Gasteiger partial charge in [-0.1, -0.05) is 24.3 Å². The van der Waals surface area contributed by atoms with Crippen molar-refractivity contribution in [3.05, 3.63) is 41.2 Å². The van der Waals surface area contributed by atoms with E-state index in [1.54, 1.807) is 6.07 Å². The van der Waals surface area contributed by atoms with E-state index in [0.717, 1.165) is 24.0 Å². The van der Waals surface area contributed by atoms with Crippen molar-refractivity contribution < 1.29 is 4.39 Å². The van der Waals surface area contributed by atoms with Crippen LogP contribution in [0.5, 0.6) is 0 Å². The van der Waals surface area contributed by atoms with Crippen LogP contribution < -0.4 is 5.73 Å². The molecule has 0 aliphatic heterocycles. The lowest BCUT2D eigenvalue weighted by Gasteiger charge is -2.01. The van der Waals surface area contributed by atoms with Crippen LogP contribution in [0.1, 0.15) is 29.9 Å². The molecule has 1 fully saturated rings. The normalized spacial score (nSPS) is 16.4. The van der Waals surface area contributed by atoms with E-state index in [1.165, 1.54) is 0 Å². The molecule has 1 saturated carbocycles. The van der Waals surface area contributed by atoms with Gasteiger partial charge in [0.1, 0.15) is 5.82 Å². The zero-order chi connectivity index (χ0) is 9.97. The van der Waals surface area contributed by atoms with Gasteiger partial charge in [0.05, 0.1) is 0 Å². The van der Waals surface area contributed by atoms with Gasteiger partial charge < -0.3 is 5.73 Å². The summed E-state index contributed by atoms with van der Waals surface area (Å²) in [6.45, 7) is 0.492. The van der Waals surface area contributed by atoms with Crippen molar-refractivity contribution in [3.63, 3.8) is 0 Å². The first-order valence-corrected chi connectivity index (χ1v) is 4.97. The molecule has 2 heteroatoms.